The van der Waals surface area contributed by atoms with Crippen LogP contribution in [0.3, 0.4) is 0 Å². The first kappa shape index (κ1) is 17.6. The third-order valence-electron chi connectivity index (χ3n) is 2.84. The van der Waals surface area contributed by atoms with Crippen molar-refractivity contribution in [3.63, 3.8) is 0 Å². The maximum absolute atomic E-state index is 12.6. The fraction of sp³-hybridized carbons (Fsp3) is 0.231. The Balaban J connectivity index is 2.09. The molecule has 126 valence electrons. The van der Waals surface area contributed by atoms with Crippen LogP contribution in [0.2, 0.25) is 0 Å². The van der Waals surface area contributed by atoms with Gasteiger partial charge in [-0.05, 0) is 12.1 Å². The molecule has 7 nitrogen and oxygen atoms in total. The molecule has 0 bridgehead atoms. The number of alkyl halides is 3. The molecular weight excluding hydrogens is 345 g/mol. The lowest BCUT2D eigenvalue weighted by atomic mass is 10.3. The Morgan fingerprint density at radius 1 is 1.33 bits per heavy atom. The van der Waals surface area contributed by atoms with Crippen molar-refractivity contribution in [1.29, 1.82) is 5.26 Å². The fourth-order valence-corrected chi connectivity index (χ4v) is 2.51. The predicted octanol–water partition coefficient (Wildman–Crippen LogP) is 1.66. The number of carbonyl (C=O) groups is 1. The van der Waals surface area contributed by atoms with E-state index in [0.717, 1.165) is 0 Å². The van der Waals surface area contributed by atoms with Gasteiger partial charge in [0.2, 0.25) is 11.1 Å². The summed E-state index contributed by atoms with van der Waals surface area (Å²) in [6.45, 7) is -0.188. The number of aromatic nitrogens is 3. The summed E-state index contributed by atoms with van der Waals surface area (Å²) in [7, 11) is 0. The third-order valence-corrected chi connectivity index (χ3v) is 3.77. The van der Waals surface area contributed by atoms with Crippen LogP contribution in [-0.2, 0) is 11.0 Å². The molecule has 0 spiro atoms. The second kappa shape index (κ2) is 7.22. The van der Waals surface area contributed by atoms with Crippen LogP contribution in [-0.4, -0.2) is 33.1 Å². The molecule has 2 N–H and O–H groups in total. The van der Waals surface area contributed by atoms with Gasteiger partial charge in [0.25, 0.3) is 5.82 Å². The summed E-state index contributed by atoms with van der Waals surface area (Å²) in [5.74, 6) is 3.23. The van der Waals surface area contributed by atoms with Crippen LogP contribution in [0, 0.1) is 11.3 Å². The highest BCUT2D eigenvalue weighted by Crippen LogP contribution is 2.29. The van der Waals surface area contributed by atoms with Crippen molar-refractivity contribution in [3.05, 3.63) is 36.2 Å². The number of hydrogen-bond donors (Lipinski definition) is 1. The first-order valence-electron chi connectivity index (χ1n) is 6.47. The number of amides is 1. The Kier molecular flexibility index (Phi) is 5.30. The maximum Gasteiger partial charge on any atom is 0.453 e. The fourth-order valence-electron chi connectivity index (χ4n) is 1.78. The summed E-state index contributed by atoms with van der Waals surface area (Å²) < 4.78 is 38.0. The molecule has 0 saturated heterocycles. The molecule has 0 atom stereocenters. The molecule has 2 aromatic rings. The average molecular weight is 356 g/mol. The molecule has 1 aromatic heterocycles. The van der Waals surface area contributed by atoms with Crippen molar-refractivity contribution in [3.8, 4) is 6.07 Å². The SMILES string of the molecule is N#CCN(C(=O)CSc1nnc(C(F)(F)F)n1N)c1ccccc1. The largest absolute Gasteiger partial charge is 0.453 e. The highest BCUT2D eigenvalue weighted by atomic mass is 32.2. The van der Waals surface area contributed by atoms with E-state index in [1.165, 1.54) is 4.90 Å². The summed E-state index contributed by atoms with van der Waals surface area (Å²) >= 11 is 0.705. The second-order valence-corrected chi connectivity index (χ2v) is 5.38. The van der Waals surface area contributed by atoms with Gasteiger partial charge in [-0.3, -0.25) is 9.69 Å². The maximum atomic E-state index is 12.6. The molecule has 0 aliphatic carbocycles. The number of thioether (sulfide) groups is 1. The normalized spacial score (nSPS) is 11.1. The second-order valence-electron chi connectivity index (χ2n) is 4.44. The van der Waals surface area contributed by atoms with Crippen molar-refractivity contribution in [2.75, 3.05) is 23.0 Å². The zero-order chi connectivity index (χ0) is 17.7. The minimum absolute atomic E-state index is 0.188. The summed E-state index contributed by atoms with van der Waals surface area (Å²) in [6.07, 6.45) is -4.73. The van der Waals surface area contributed by atoms with Gasteiger partial charge in [0.15, 0.2) is 0 Å². The van der Waals surface area contributed by atoms with E-state index in [1.807, 2.05) is 6.07 Å². The van der Waals surface area contributed by atoms with Crippen LogP contribution in [0.15, 0.2) is 35.5 Å². The van der Waals surface area contributed by atoms with Crippen molar-refractivity contribution >= 4 is 23.4 Å². The van der Waals surface area contributed by atoms with Crippen molar-refractivity contribution in [1.82, 2.24) is 14.9 Å². The summed E-state index contributed by atoms with van der Waals surface area (Å²) in [6, 6.07) is 10.3. The molecule has 0 saturated carbocycles. The molecule has 11 heteroatoms. The minimum atomic E-state index is -4.73. The molecule has 1 heterocycles. The number of carbonyl (C=O) groups excluding carboxylic acids is 1. The zero-order valence-electron chi connectivity index (χ0n) is 12.1. The van der Waals surface area contributed by atoms with Crippen molar-refractivity contribution in [2.24, 2.45) is 0 Å². The number of benzene rings is 1. The third kappa shape index (κ3) is 3.96. The molecule has 2 rings (SSSR count). The first-order valence-corrected chi connectivity index (χ1v) is 7.46. The number of rotatable bonds is 5. The van der Waals surface area contributed by atoms with Crippen LogP contribution in [0.4, 0.5) is 18.9 Å². The Bertz CT molecular complexity index is 755. The Morgan fingerprint density at radius 3 is 2.54 bits per heavy atom. The molecule has 0 aliphatic heterocycles. The van der Waals surface area contributed by atoms with Gasteiger partial charge in [-0.1, -0.05) is 30.0 Å². The topological polar surface area (TPSA) is 101 Å². The first-order chi connectivity index (χ1) is 11.3. The number of anilines is 1. The number of nitrogens with zero attached hydrogens (tertiary/aromatic N) is 5. The molecule has 0 radical (unpaired) electrons. The molecule has 24 heavy (non-hydrogen) atoms. The van der Waals surface area contributed by atoms with Gasteiger partial charge in [-0.2, -0.15) is 18.4 Å². The molecule has 0 unspecified atom stereocenters. The summed E-state index contributed by atoms with van der Waals surface area (Å²) in [5.41, 5.74) is 0.509. The monoisotopic (exact) mass is 356 g/mol. The molecular formula is C13H11F3N6OS. The van der Waals surface area contributed by atoms with Crippen molar-refractivity contribution < 1.29 is 18.0 Å². The summed E-state index contributed by atoms with van der Waals surface area (Å²) in [5, 5.41) is 14.9. The Labute approximate surface area is 138 Å². The van der Waals surface area contributed by atoms with E-state index in [1.54, 1.807) is 30.3 Å². The Hall–Kier alpha value is -2.74. The van der Waals surface area contributed by atoms with Gasteiger partial charge in [0.05, 0.1) is 11.8 Å². The van der Waals surface area contributed by atoms with Crippen LogP contribution < -0.4 is 10.7 Å². The van der Waals surface area contributed by atoms with Crippen molar-refractivity contribution in [2.45, 2.75) is 11.3 Å². The van der Waals surface area contributed by atoms with E-state index >= 15 is 0 Å². The lowest BCUT2D eigenvalue weighted by molar-refractivity contribution is -0.146. The average Bonchev–Trinajstić information content (AvgIpc) is 2.92. The van der Waals surface area contributed by atoms with E-state index in [9.17, 15) is 18.0 Å². The number of hydrogen-bond acceptors (Lipinski definition) is 6. The van der Waals surface area contributed by atoms with Crippen LogP contribution in [0.1, 0.15) is 5.82 Å². The summed E-state index contributed by atoms with van der Waals surface area (Å²) in [4.78, 5) is 13.5. The number of para-hydroxylation sites is 1. The van der Waals surface area contributed by atoms with Gasteiger partial charge < -0.3 is 5.84 Å². The van der Waals surface area contributed by atoms with Gasteiger partial charge in [-0.15, -0.1) is 10.2 Å². The van der Waals surface area contributed by atoms with Crippen LogP contribution >= 0.6 is 11.8 Å². The van der Waals surface area contributed by atoms with E-state index in [4.69, 9.17) is 11.1 Å². The number of nitrogen functional groups attached to an aromatic ring is 1. The highest BCUT2D eigenvalue weighted by Gasteiger charge is 2.38. The number of nitrogens with two attached hydrogens (primary N) is 1. The lowest BCUT2D eigenvalue weighted by Crippen LogP contribution is -2.33. The molecule has 0 fully saturated rings. The van der Waals surface area contributed by atoms with E-state index < -0.39 is 17.9 Å². The zero-order valence-corrected chi connectivity index (χ0v) is 12.9. The smallest absolute Gasteiger partial charge is 0.335 e. The van der Waals surface area contributed by atoms with E-state index in [-0.39, 0.29) is 22.1 Å². The highest BCUT2D eigenvalue weighted by molar-refractivity contribution is 7.99. The Morgan fingerprint density at radius 2 is 2.00 bits per heavy atom. The minimum Gasteiger partial charge on any atom is -0.335 e. The van der Waals surface area contributed by atoms with Gasteiger partial charge in [0, 0.05) is 5.69 Å². The van der Waals surface area contributed by atoms with Crippen LogP contribution in [0.25, 0.3) is 0 Å². The predicted molar refractivity (Wildman–Crippen MR) is 80.3 cm³/mol. The van der Waals surface area contributed by atoms with Crippen LogP contribution in [0.5, 0.6) is 0 Å². The van der Waals surface area contributed by atoms with Gasteiger partial charge in [0.1, 0.15) is 6.54 Å². The number of nitriles is 1. The molecule has 1 aromatic carbocycles. The standard InChI is InChI=1S/C13H11F3N6OS/c14-13(15,16)11-19-20-12(22(11)18)24-8-10(23)21(7-6-17)9-4-2-1-3-5-9/h1-5H,7-8,18H2. The lowest BCUT2D eigenvalue weighted by Gasteiger charge is -2.19. The van der Waals surface area contributed by atoms with Gasteiger partial charge >= 0.3 is 6.18 Å². The quantitative estimate of drug-likeness (QED) is 0.497. The van der Waals surface area contributed by atoms with E-state index in [2.05, 4.69) is 10.2 Å². The van der Waals surface area contributed by atoms with E-state index in [0.29, 0.717) is 17.4 Å². The molecule has 1 amide bonds. The molecule has 0 aliphatic rings. The van der Waals surface area contributed by atoms with Gasteiger partial charge in [-0.25, -0.2) is 4.68 Å². The number of halogens is 3.